The maximum absolute atomic E-state index is 3.90. The van der Waals surface area contributed by atoms with Crippen LogP contribution in [0.2, 0.25) is 0 Å². The summed E-state index contributed by atoms with van der Waals surface area (Å²) in [6.45, 7) is 7.95. The van der Waals surface area contributed by atoms with E-state index in [1.54, 1.807) is 5.01 Å². The van der Waals surface area contributed by atoms with E-state index in [9.17, 15) is 0 Å². The summed E-state index contributed by atoms with van der Waals surface area (Å²) in [4.78, 5) is 0. The first-order valence-electron chi connectivity index (χ1n) is 3.60. The minimum absolute atomic E-state index is 0. The van der Waals surface area contributed by atoms with Crippen molar-refractivity contribution in [1.82, 2.24) is 10.4 Å². The van der Waals surface area contributed by atoms with Crippen LogP contribution in [0.15, 0.2) is 29.5 Å². The summed E-state index contributed by atoms with van der Waals surface area (Å²) in [7, 11) is 1.85. The molecule has 1 rings (SSSR count). The molecule has 2 nitrogen and oxygen atoms in total. The van der Waals surface area contributed by atoms with Gasteiger partial charge in [0.25, 0.3) is 0 Å². The van der Waals surface area contributed by atoms with Gasteiger partial charge in [-0.05, 0) is 0 Å². The predicted molar refractivity (Wildman–Crippen MR) is 46.2 cm³/mol. The van der Waals surface area contributed by atoms with Crippen molar-refractivity contribution in [1.29, 1.82) is 0 Å². The smallest absolute Gasteiger partial charge is 0.00178 e. The molecule has 0 saturated carbocycles. The Labute approximate surface area is 99.2 Å². The zero-order chi connectivity index (χ0) is 8.43. The molecular formula is C9H13N2Y-. The van der Waals surface area contributed by atoms with Crippen LogP contribution in [0.1, 0.15) is 13.8 Å². The predicted octanol–water partition coefficient (Wildman–Crippen LogP) is 1.60. The van der Waals surface area contributed by atoms with Gasteiger partial charge in [0.15, 0.2) is 0 Å². The molecule has 0 saturated heterocycles. The Hall–Kier alpha value is 0.0839. The maximum Gasteiger partial charge on any atom is 0.00178 e. The third-order valence-electron chi connectivity index (χ3n) is 1.67. The number of nitrogens with zero attached hydrogens (tertiary/aromatic N) is 1. The minimum Gasteiger partial charge on any atom is -0.392 e. The summed E-state index contributed by atoms with van der Waals surface area (Å²) in [5, 5.41) is 1.80. The second kappa shape index (κ2) is 4.95. The molecule has 1 heterocycles. The number of allylic oxidation sites excluding steroid dienone is 3. The van der Waals surface area contributed by atoms with Gasteiger partial charge in [0.05, 0.1) is 0 Å². The van der Waals surface area contributed by atoms with E-state index >= 15 is 0 Å². The van der Waals surface area contributed by atoms with Gasteiger partial charge in [-0.25, -0.2) is 0 Å². The summed E-state index contributed by atoms with van der Waals surface area (Å²) in [6, 6.07) is 0. The van der Waals surface area contributed by atoms with Crippen LogP contribution < -0.4 is 5.43 Å². The van der Waals surface area contributed by atoms with Gasteiger partial charge in [-0.3, -0.25) is 5.43 Å². The molecule has 1 aliphatic heterocycles. The molecular weight excluding hydrogens is 225 g/mol. The number of nitrogens with one attached hydrogen (secondary N) is 1. The van der Waals surface area contributed by atoms with Gasteiger partial charge < -0.3 is 5.01 Å². The first-order valence-corrected chi connectivity index (χ1v) is 3.60. The number of hydrogen-bond donors (Lipinski definition) is 1. The van der Waals surface area contributed by atoms with Crippen LogP contribution in [0, 0.1) is 6.20 Å². The first-order chi connectivity index (χ1) is 5.15. The van der Waals surface area contributed by atoms with Crippen molar-refractivity contribution >= 4 is 0 Å². The zero-order valence-electron chi connectivity index (χ0n) is 7.81. The molecule has 0 aliphatic carbocycles. The summed E-state index contributed by atoms with van der Waals surface area (Å²) < 4.78 is 0. The average molecular weight is 238 g/mol. The largest absolute Gasteiger partial charge is 0.392 e. The molecule has 0 bridgehead atoms. The number of hydrazine groups is 1. The fraction of sp³-hybridized carbons (Fsp3) is 0.333. The Morgan fingerprint density at radius 1 is 1.50 bits per heavy atom. The monoisotopic (exact) mass is 238 g/mol. The van der Waals surface area contributed by atoms with Crippen molar-refractivity contribution in [3.05, 3.63) is 35.7 Å². The molecule has 0 fully saturated rings. The summed E-state index contributed by atoms with van der Waals surface area (Å²) in [6.07, 6.45) is 5.17. The summed E-state index contributed by atoms with van der Waals surface area (Å²) in [5.74, 6) is 0. The van der Waals surface area contributed by atoms with Crippen LogP contribution in [-0.2, 0) is 32.7 Å². The third kappa shape index (κ3) is 2.54. The molecule has 0 aromatic carbocycles. The Bertz CT molecular complexity index is 241. The molecule has 0 unspecified atom stereocenters. The van der Waals surface area contributed by atoms with E-state index in [1.807, 2.05) is 20.9 Å². The van der Waals surface area contributed by atoms with Crippen LogP contribution in [0.4, 0.5) is 0 Å². The topological polar surface area (TPSA) is 15.3 Å². The molecule has 1 N–H and O–H groups in total. The fourth-order valence-corrected chi connectivity index (χ4v) is 1.05. The van der Waals surface area contributed by atoms with Crippen molar-refractivity contribution < 1.29 is 32.7 Å². The molecule has 0 aromatic heterocycles. The molecule has 0 amide bonds. The van der Waals surface area contributed by atoms with Crippen LogP contribution in [0.3, 0.4) is 0 Å². The molecule has 1 radical (unpaired) electrons. The van der Waals surface area contributed by atoms with Gasteiger partial charge in [0.1, 0.15) is 0 Å². The van der Waals surface area contributed by atoms with E-state index < -0.39 is 0 Å². The van der Waals surface area contributed by atoms with Gasteiger partial charge in [0, 0.05) is 39.8 Å². The van der Waals surface area contributed by atoms with E-state index in [-0.39, 0.29) is 32.7 Å². The second-order valence-corrected chi connectivity index (χ2v) is 2.63. The molecule has 1 aliphatic rings. The van der Waals surface area contributed by atoms with E-state index in [0.717, 1.165) is 11.3 Å². The van der Waals surface area contributed by atoms with E-state index in [0.29, 0.717) is 0 Å². The number of rotatable bonds is 1. The van der Waals surface area contributed by atoms with E-state index in [1.165, 1.54) is 5.57 Å². The van der Waals surface area contributed by atoms with Gasteiger partial charge in [-0.15, -0.1) is 17.7 Å². The second-order valence-electron chi connectivity index (χ2n) is 2.63. The molecule has 0 aromatic rings. The Morgan fingerprint density at radius 2 is 2.08 bits per heavy atom. The average Bonchev–Trinajstić information content (AvgIpc) is 1.96. The van der Waals surface area contributed by atoms with E-state index in [4.69, 9.17) is 0 Å². The van der Waals surface area contributed by atoms with Crippen molar-refractivity contribution in [3.63, 3.8) is 0 Å². The van der Waals surface area contributed by atoms with E-state index in [2.05, 4.69) is 24.3 Å². The molecule has 3 heteroatoms. The van der Waals surface area contributed by atoms with Gasteiger partial charge >= 0.3 is 0 Å². The zero-order valence-corrected chi connectivity index (χ0v) is 10.6. The van der Waals surface area contributed by atoms with Crippen LogP contribution in [-0.4, -0.2) is 12.1 Å². The summed E-state index contributed by atoms with van der Waals surface area (Å²) >= 11 is 0. The Balaban J connectivity index is 0.00000121. The van der Waals surface area contributed by atoms with Gasteiger partial charge in [-0.2, -0.15) is 6.08 Å². The van der Waals surface area contributed by atoms with Crippen molar-refractivity contribution in [2.75, 3.05) is 7.05 Å². The molecule has 0 atom stereocenters. The fourth-order valence-electron chi connectivity index (χ4n) is 1.05. The van der Waals surface area contributed by atoms with Crippen LogP contribution >= 0.6 is 0 Å². The summed E-state index contributed by atoms with van der Waals surface area (Å²) in [5.41, 5.74) is 6.22. The Morgan fingerprint density at radius 3 is 2.58 bits per heavy atom. The maximum atomic E-state index is 3.90. The van der Waals surface area contributed by atoms with Crippen LogP contribution in [0.25, 0.3) is 0 Å². The molecule has 63 valence electrons. The van der Waals surface area contributed by atoms with Crippen molar-refractivity contribution in [3.8, 4) is 0 Å². The van der Waals surface area contributed by atoms with Crippen LogP contribution in [0.5, 0.6) is 0 Å². The van der Waals surface area contributed by atoms with Crippen molar-refractivity contribution in [2.45, 2.75) is 13.8 Å². The number of hydrogen-bond acceptors (Lipinski definition) is 2. The van der Waals surface area contributed by atoms with Gasteiger partial charge in [-0.1, -0.05) is 25.7 Å². The normalized spacial score (nSPS) is 16.6. The Kier molecular flexibility index (Phi) is 4.99. The molecule has 12 heavy (non-hydrogen) atoms. The SMILES string of the molecule is C=C1C(C)=CC(C)=[C-]N1NC.[Y]. The first kappa shape index (κ1) is 12.1. The standard InChI is InChI=1S/C9H13N2.Y/c1-7-5-8(2)9(3)11(6-7)10-4;/h5,10H,3H2,1-2,4H3;/q-1;. The third-order valence-corrected chi connectivity index (χ3v) is 1.67. The van der Waals surface area contributed by atoms with Gasteiger partial charge in [0.2, 0.25) is 0 Å². The molecule has 0 spiro atoms. The quantitative estimate of drug-likeness (QED) is 0.698. The van der Waals surface area contributed by atoms with Crippen molar-refractivity contribution in [2.24, 2.45) is 0 Å². The minimum atomic E-state index is 0.